The SMILES string of the molecule is CCN[C@@H]1CC[C@@H](CC)C[C@H]1COC(=O)[C@]12O[C@@]1(C/C(CO)=C(\C)CCC1=CCNC(N)=C1)C(=O)c1cccc(CC(C)C)c1C2=O. The third-order valence-corrected chi connectivity index (χ3v) is 10.7. The van der Waals surface area contributed by atoms with E-state index in [9.17, 15) is 19.5 Å². The molecule has 1 saturated carbocycles. The van der Waals surface area contributed by atoms with E-state index in [0.717, 1.165) is 48.9 Å². The lowest BCUT2D eigenvalue weighted by atomic mass is 9.69. The average Bonchev–Trinajstić information content (AvgIpc) is 3.76. The van der Waals surface area contributed by atoms with E-state index in [-0.39, 0.29) is 48.6 Å². The number of carbonyl (C=O) groups excluding carboxylic acids is 3. The molecule has 47 heavy (non-hydrogen) atoms. The number of Topliss-reactive ketones (excluding diaryl/α,β-unsaturated/α-hetero) is 2. The molecule has 0 radical (unpaired) electrons. The van der Waals surface area contributed by atoms with Gasteiger partial charge in [0.2, 0.25) is 5.78 Å². The first kappa shape index (κ1) is 35.0. The van der Waals surface area contributed by atoms with Gasteiger partial charge in [-0.3, -0.25) is 9.59 Å². The molecule has 2 heterocycles. The maximum Gasteiger partial charge on any atom is 0.350 e. The minimum atomic E-state index is -2.08. The number of aliphatic hydroxyl groups is 1. The Balaban J connectivity index is 1.47. The molecule has 9 heteroatoms. The van der Waals surface area contributed by atoms with Gasteiger partial charge in [0.05, 0.1) is 19.0 Å². The number of fused-ring (bicyclic) bond motifs is 2. The molecule has 5 rings (SSSR count). The largest absolute Gasteiger partial charge is 0.463 e. The van der Waals surface area contributed by atoms with E-state index >= 15 is 0 Å². The van der Waals surface area contributed by atoms with Crippen LogP contribution in [-0.2, 0) is 20.7 Å². The van der Waals surface area contributed by atoms with Crippen LogP contribution in [-0.4, -0.2) is 66.2 Å². The number of ketones is 2. The first-order valence-electron chi connectivity index (χ1n) is 17.5. The number of dihydropyridines is 1. The number of ether oxygens (including phenoxy) is 2. The molecule has 1 aromatic carbocycles. The highest BCUT2D eigenvalue weighted by Crippen LogP contribution is 2.60. The number of nitrogens with two attached hydrogens (primary N) is 1. The summed E-state index contributed by atoms with van der Waals surface area (Å²) < 4.78 is 12.3. The van der Waals surface area contributed by atoms with Crippen LogP contribution in [0.15, 0.2) is 52.9 Å². The Kier molecular flexibility index (Phi) is 10.8. The van der Waals surface area contributed by atoms with Gasteiger partial charge < -0.3 is 30.9 Å². The average molecular weight is 648 g/mol. The Bertz CT molecular complexity index is 1480. The Labute approximate surface area is 279 Å². The second-order valence-corrected chi connectivity index (χ2v) is 14.3. The van der Waals surface area contributed by atoms with E-state index in [1.165, 1.54) is 0 Å². The summed E-state index contributed by atoms with van der Waals surface area (Å²) in [5.41, 5.74) is 5.91. The first-order valence-corrected chi connectivity index (χ1v) is 17.5. The molecule has 0 aromatic heterocycles. The van der Waals surface area contributed by atoms with Crippen LogP contribution in [0.1, 0.15) is 106 Å². The van der Waals surface area contributed by atoms with Gasteiger partial charge in [-0.1, -0.05) is 64.0 Å². The van der Waals surface area contributed by atoms with Crippen molar-refractivity contribution in [3.8, 4) is 0 Å². The van der Waals surface area contributed by atoms with Crippen molar-refractivity contribution in [2.45, 2.75) is 103 Å². The third-order valence-electron chi connectivity index (χ3n) is 10.7. The van der Waals surface area contributed by atoms with Crippen molar-refractivity contribution in [1.82, 2.24) is 10.6 Å². The molecule has 2 fully saturated rings. The van der Waals surface area contributed by atoms with Gasteiger partial charge in [-0.05, 0) is 86.6 Å². The van der Waals surface area contributed by atoms with E-state index in [1.807, 2.05) is 19.1 Å². The van der Waals surface area contributed by atoms with Gasteiger partial charge in [-0.25, -0.2) is 4.79 Å². The van der Waals surface area contributed by atoms with Gasteiger partial charge in [0.25, 0.3) is 5.60 Å². The number of carbonyl (C=O) groups is 3. The maximum atomic E-state index is 14.6. The fraction of sp³-hybridized carbons (Fsp3) is 0.605. The second-order valence-electron chi connectivity index (χ2n) is 14.3. The van der Waals surface area contributed by atoms with Gasteiger partial charge in [0.15, 0.2) is 11.4 Å². The van der Waals surface area contributed by atoms with E-state index in [4.69, 9.17) is 15.2 Å². The summed E-state index contributed by atoms with van der Waals surface area (Å²) in [5.74, 6) is -0.224. The topological polar surface area (TPSA) is 143 Å². The quantitative estimate of drug-likeness (QED) is 0.0957. The highest BCUT2D eigenvalue weighted by molar-refractivity contribution is 6.33. The molecule has 0 amide bonds. The number of allylic oxidation sites excluding steroid dienone is 3. The standard InChI is InChI=1S/C38H53N3O6/c1-6-25-13-14-31(40-7-2)28(18-25)22-46-36(45)38-35(44)33-27(17-23(3)4)9-8-10-30(33)34(43)37(38,47-38)20-29(21-42)24(5)11-12-26-15-16-41-32(39)19-26/h8-10,15,19,23,25,28,31,40-42H,6-7,11-14,16-18,20-22,39H2,1-5H3/b29-24-/t25-,28+,31-,37+,38+/m1/s1. The van der Waals surface area contributed by atoms with Gasteiger partial charge in [-0.2, -0.15) is 0 Å². The highest BCUT2D eigenvalue weighted by Gasteiger charge is 2.85. The maximum absolute atomic E-state index is 14.6. The molecule has 1 aromatic rings. The molecule has 256 valence electrons. The van der Waals surface area contributed by atoms with Crippen molar-refractivity contribution in [2.24, 2.45) is 23.5 Å². The lowest BCUT2D eigenvalue weighted by molar-refractivity contribution is -0.150. The van der Waals surface area contributed by atoms with Crippen molar-refractivity contribution < 1.29 is 29.0 Å². The minimum absolute atomic E-state index is 0.0667. The van der Waals surface area contributed by atoms with Gasteiger partial charge >= 0.3 is 5.97 Å². The highest BCUT2D eigenvalue weighted by atomic mass is 16.7. The summed E-state index contributed by atoms with van der Waals surface area (Å²) >= 11 is 0. The predicted octanol–water partition coefficient (Wildman–Crippen LogP) is 4.93. The smallest absolute Gasteiger partial charge is 0.350 e. The van der Waals surface area contributed by atoms with Crippen molar-refractivity contribution in [1.29, 1.82) is 0 Å². The lowest BCUT2D eigenvalue weighted by Crippen LogP contribution is -2.52. The van der Waals surface area contributed by atoms with Crippen LogP contribution >= 0.6 is 0 Å². The number of nitrogens with one attached hydrogen (secondary N) is 2. The van der Waals surface area contributed by atoms with E-state index < -0.39 is 28.7 Å². The monoisotopic (exact) mass is 647 g/mol. The zero-order valence-corrected chi connectivity index (χ0v) is 28.7. The van der Waals surface area contributed by atoms with Crippen LogP contribution in [0.5, 0.6) is 0 Å². The van der Waals surface area contributed by atoms with Gasteiger partial charge in [0.1, 0.15) is 0 Å². The summed E-state index contributed by atoms with van der Waals surface area (Å²) in [6.45, 7) is 11.6. The Morgan fingerprint density at radius 1 is 1.21 bits per heavy atom. The Morgan fingerprint density at radius 2 is 2.00 bits per heavy atom. The summed E-state index contributed by atoms with van der Waals surface area (Å²) in [4.78, 5) is 43.3. The molecular weight excluding hydrogens is 594 g/mol. The van der Waals surface area contributed by atoms with Gasteiger partial charge in [0, 0.05) is 36.1 Å². The van der Waals surface area contributed by atoms with Crippen LogP contribution in [0.2, 0.25) is 0 Å². The van der Waals surface area contributed by atoms with Crippen LogP contribution in [0.3, 0.4) is 0 Å². The molecule has 1 saturated heterocycles. The molecule has 5 N–H and O–H groups in total. The summed E-state index contributed by atoms with van der Waals surface area (Å²) in [5, 5.41) is 17.2. The lowest BCUT2D eigenvalue weighted by Gasteiger charge is -2.36. The van der Waals surface area contributed by atoms with Crippen molar-refractivity contribution in [2.75, 3.05) is 26.3 Å². The third kappa shape index (κ3) is 6.72. The molecule has 0 unspecified atom stereocenters. The number of hydrogen-bond acceptors (Lipinski definition) is 9. The molecule has 5 atom stereocenters. The number of aliphatic hydroxyl groups excluding tert-OH is 1. The Hall–Kier alpha value is -3.27. The van der Waals surface area contributed by atoms with Crippen LogP contribution < -0.4 is 16.4 Å². The fourth-order valence-corrected chi connectivity index (χ4v) is 7.94. The fourth-order valence-electron chi connectivity index (χ4n) is 7.94. The number of epoxide rings is 1. The van der Waals surface area contributed by atoms with Crippen LogP contribution in [0.4, 0.5) is 0 Å². The number of rotatable bonds is 14. The summed E-state index contributed by atoms with van der Waals surface area (Å²) in [6.07, 6.45) is 9.91. The van der Waals surface area contributed by atoms with Crippen molar-refractivity contribution in [3.63, 3.8) is 0 Å². The molecule has 4 aliphatic rings. The number of hydrogen-bond donors (Lipinski definition) is 4. The molecule has 2 aliphatic carbocycles. The molecule has 9 nitrogen and oxygen atoms in total. The van der Waals surface area contributed by atoms with Crippen LogP contribution in [0.25, 0.3) is 0 Å². The number of benzene rings is 1. The summed E-state index contributed by atoms with van der Waals surface area (Å²) in [7, 11) is 0. The zero-order chi connectivity index (χ0) is 33.9. The zero-order valence-electron chi connectivity index (χ0n) is 28.7. The molecule has 2 aliphatic heterocycles. The van der Waals surface area contributed by atoms with Crippen molar-refractivity contribution >= 4 is 17.5 Å². The Morgan fingerprint density at radius 3 is 2.68 bits per heavy atom. The van der Waals surface area contributed by atoms with E-state index in [0.29, 0.717) is 43.1 Å². The second kappa shape index (κ2) is 14.5. The molecule has 0 spiro atoms. The van der Waals surface area contributed by atoms with Crippen molar-refractivity contribution in [3.05, 3.63) is 69.6 Å². The number of esters is 1. The predicted molar refractivity (Wildman–Crippen MR) is 182 cm³/mol. The van der Waals surface area contributed by atoms with Crippen LogP contribution in [0, 0.1) is 17.8 Å². The van der Waals surface area contributed by atoms with Gasteiger partial charge in [-0.15, -0.1) is 0 Å². The normalized spacial score (nSPS) is 28.9. The molecular formula is C38H53N3O6. The van der Waals surface area contributed by atoms with E-state index in [1.54, 1.807) is 12.1 Å². The van der Waals surface area contributed by atoms with E-state index in [2.05, 4.69) is 44.4 Å². The first-order chi connectivity index (χ1) is 22.5. The summed E-state index contributed by atoms with van der Waals surface area (Å²) in [6, 6.07) is 5.51. The molecule has 0 bridgehead atoms. The minimum Gasteiger partial charge on any atom is -0.463 e.